The van der Waals surface area contributed by atoms with E-state index in [1.165, 1.54) is 0 Å². The van der Waals surface area contributed by atoms with Crippen LogP contribution in [0.5, 0.6) is 5.75 Å². The average molecular weight is 424 g/mol. The molecule has 1 heterocycles. The van der Waals surface area contributed by atoms with Crippen molar-refractivity contribution in [3.8, 4) is 5.75 Å². The third-order valence-corrected chi connectivity index (χ3v) is 5.07. The second-order valence-electron chi connectivity index (χ2n) is 7.44. The van der Waals surface area contributed by atoms with Crippen LogP contribution in [-0.2, 0) is 0 Å². The van der Waals surface area contributed by atoms with Gasteiger partial charge in [-0.1, -0.05) is 48.9 Å². The predicted octanol–water partition coefficient (Wildman–Crippen LogP) is 3.96. The van der Waals surface area contributed by atoms with E-state index in [4.69, 9.17) is 9.94 Å². The standard InChI is InChI=1S/C24H29N3O4/c1-17(18-10-4-2-5-11-18)31-22-16-21(26-20-13-8-7-12-19(20)22)24(29)25-15-9-3-6-14-23(28)27-30/h2,4-5,7-8,10-13,16-17,23,27-28,30H,3,6,9,14-15H2,1H3,(H,25,29). The number of para-hydroxylation sites is 1. The second-order valence-corrected chi connectivity index (χ2v) is 7.44. The fourth-order valence-electron chi connectivity index (χ4n) is 3.34. The summed E-state index contributed by atoms with van der Waals surface area (Å²) in [5, 5.41) is 21.6. The van der Waals surface area contributed by atoms with Crippen LogP contribution >= 0.6 is 0 Å². The highest BCUT2D eigenvalue weighted by Crippen LogP contribution is 2.29. The summed E-state index contributed by atoms with van der Waals surface area (Å²) in [6.45, 7) is 2.49. The summed E-state index contributed by atoms with van der Waals surface area (Å²) in [6.07, 6.45) is 1.71. The van der Waals surface area contributed by atoms with E-state index in [0.29, 0.717) is 29.9 Å². The summed E-state index contributed by atoms with van der Waals surface area (Å²) in [5.41, 5.74) is 3.87. The van der Waals surface area contributed by atoms with E-state index in [2.05, 4.69) is 10.3 Å². The molecule has 31 heavy (non-hydrogen) atoms. The van der Waals surface area contributed by atoms with Gasteiger partial charge in [-0.15, -0.1) is 0 Å². The molecule has 0 bridgehead atoms. The van der Waals surface area contributed by atoms with Gasteiger partial charge in [0.1, 0.15) is 23.8 Å². The smallest absolute Gasteiger partial charge is 0.270 e. The number of carbonyl (C=O) groups excluding carboxylic acids is 1. The molecule has 3 aromatic rings. The number of aliphatic hydroxyl groups is 1. The highest BCUT2D eigenvalue weighted by molar-refractivity contribution is 5.97. The molecule has 7 nitrogen and oxygen atoms in total. The van der Waals surface area contributed by atoms with Crippen LogP contribution in [-0.4, -0.2) is 34.0 Å². The zero-order valence-corrected chi connectivity index (χ0v) is 17.6. The zero-order valence-electron chi connectivity index (χ0n) is 17.6. The fourth-order valence-corrected chi connectivity index (χ4v) is 3.34. The molecule has 7 heteroatoms. The van der Waals surface area contributed by atoms with E-state index >= 15 is 0 Å². The first-order valence-corrected chi connectivity index (χ1v) is 10.6. The third-order valence-electron chi connectivity index (χ3n) is 5.07. The average Bonchev–Trinajstić information content (AvgIpc) is 2.81. The lowest BCUT2D eigenvalue weighted by atomic mass is 10.1. The molecule has 1 aromatic heterocycles. The Labute approximate surface area is 182 Å². The van der Waals surface area contributed by atoms with Gasteiger partial charge in [-0.25, -0.2) is 4.98 Å². The Morgan fingerprint density at radius 1 is 1.06 bits per heavy atom. The molecule has 3 rings (SSSR count). The topological polar surface area (TPSA) is 104 Å². The van der Waals surface area contributed by atoms with Gasteiger partial charge in [0.25, 0.3) is 5.91 Å². The summed E-state index contributed by atoms with van der Waals surface area (Å²) < 4.78 is 6.23. The summed E-state index contributed by atoms with van der Waals surface area (Å²) >= 11 is 0. The molecule has 0 spiro atoms. The van der Waals surface area contributed by atoms with Gasteiger partial charge in [-0.2, -0.15) is 5.48 Å². The van der Waals surface area contributed by atoms with Crippen molar-refractivity contribution in [1.29, 1.82) is 0 Å². The number of rotatable bonds is 11. The number of ether oxygens (including phenoxy) is 1. The van der Waals surface area contributed by atoms with E-state index < -0.39 is 6.23 Å². The number of pyridine rings is 1. The largest absolute Gasteiger partial charge is 0.485 e. The summed E-state index contributed by atoms with van der Waals surface area (Å²) in [4.78, 5) is 17.2. The first-order valence-electron chi connectivity index (χ1n) is 10.6. The summed E-state index contributed by atoms with van der Waals surface area (Å²) in [7, 11) is 0. The maximum Gasteiger partial charge on any atom is 0.270 e. The number of benzene rings is 2. The number of hydrogen-bond acceptors (Lipinski definition) is 6. The summed E-state index contributed by atoms with van der Waals surface area (Å²) in [5.74, 6) is 0.373. The molecular formula is C24H29N3O4. The Balaban J connectivity index is 1.66. The molecule has 1 amide bonds. The van der Waals surface area contributed by atoms with E-state index in [1.807, 2.05) is 61.5 Å². The summed E-state index contributed by atoms with van der Waals surface area (Å²) in [6, 6.07) is 19.2. The SMILES string of the molecule is CC(Oc1cc(C(=O)NCCCCCC(O)NO)nc2ccccc12)c1ccccc1. The number of fused-ring (bicyclic) bond motifs is 1. The number of hydroxylamine groups is 1. The molecule has 0 aliphatic heterocycles. The van der Waals surface area contributed by atoms with Crippen molar-refractivity contribution in [3.05, 3.63) is 71.9 Å². The Morgan fingerprint density at radius 2 is 1.81 bits per heavy atom. The van der Waals surface area contributed by atoms with Crippen molar-refractivity contribution < 1.29 is 19.8 Å². The quantitative estimate of drug-likeness (QED) is 0.211. The van der Waals surface area contributed by atoms with Crippen LogP contribution in [0.2, 0.25) is 0 Å². The second kappa shape index (κ2) is 11.4. The van der Waals surface area contributed by atoms with Crippen LogP contribution in [0.1, 0.15) is 54.8 Å². The Kier molecular flexibility index (Phi) is 8.35. The minimum atomic E-state index is -0.909. The molecule has 0 saturated heterocycles. The maximum atomic E-state index is 12.7. The van der Waals surface area contributed by atoms with Gasteiger partial charge in [-0.05, 0) is 43.9 Å². The molecule has 2 aromatic carbocycles. The van der Waals surface area contributed by atoms with Crippen LogP contribution in [0, 0.1) is 0 Å². The number of aromatic nitrogens is 1. The highest BCUT2D eigenvalue weighted by Gasteiger charge is 2.15. The predicted molar refractivity (Wildman–Crippen MR) is 119 cm³/mol. The maximum absolute atomic E-state index is 12.7. The molecule has 0 fully saturated rings. The van der Waals surface area contributed by atoms with Gasteiger partial charge in [0.05, 0.1) is 5.52 Å². The lowest BCUT2D eigenvalue weighted by Gasteiger charge is -2.17. The minimum absolute atomic E-state index is 0.174. The number of unbranched alkanes of at least 4 members (excludes halogenated alkanes) is 2. The first-order chi connectivity index (χ1) is 15.1. The van der Waals surface area contributed by atoms with E-state index in [1.54, 1.807) is 11.5 Å². The van der Waals surface area contributed by atoms with E-state index in [-0.39, 0.29) is 12.0 Å². The van der Waals surface area contributed by atoms with Crippen LogP contribution in [0.4, 0.5) is 0 Å². The molecular weight excluding hydrogens is 394 g/mol. The van der Waals surface area contributed by atoms with Gasteiger partial charge < -0.3 is 20.4 Å². The number of carbonyl (C=O) groups is 1. The van der Waals surface area contributed by atoms with Crippen molar-refractivity contribution in [1.82, 2.24) is 15.8 Å². The lowest BCUT2D eigenvalue weighted by Crippen LogP contribution is -2.26. The van der Waals surface area contributed by atoms with E-state index in [0.717, 1.165) is 30.2 Å². The molecule has 0 saturated carbocycles. The van der Waals surface area contributed by atoms with Gasteiger partial charge in [0, 0.05) is 18.0 Å². The zero-order chi connectivity index (χ0) is 22.1. The monoisotopic (exact) mass is 423 g/mol. The first kappa shape index (κ1) is 22.7. The highest BCUT2D eigenvalue weighted by atomic mass is 16.5. The molecule has 0 aliphatic rings. The van der Waals surface area contributed by atoms with E-state index in [9.17, 15) is 9.90 Å². The van der Waals surface area contributed by atoms with Gasteiger partial charge in [0.15, 0.2) is 0 Å². The van der Waals surface area contributed by atoms with Gasteiger partial charge in [0.2, 0.25) is 0 Å². The number of aliphatic hydroxyl groups excluding tert-OH is 1. The van der Waals surface area contributed by atoms with Crippen molar-refractivity contribution in [2.75, 3.05) is 6.54 Å². The molecule has 0 radical (unpaired) electrons. The van der Waals surface area contributed by atoms with Crippen LogP contribution in [0.15, 0.2) is 60.7 Å². The van der Waals surface area contributed by atoms with Crippen LogP contribution < -0.4 is 15.5 Å². The lowest BCUT2D eigenvalue weighted by molar-refractivity contribution is -0.00391. The third kappa shape index (κ3) is 6.49. The number of nitrogens with one attached hydrogen (secondary N) is 2. The van der Waals surface area contributed by atoms with Crippen molar-refractivity contribution in [2.24, 2.45) is 0 Å². The molecule has 2 unspecified atom stereocenters. The van der Waals surface area contributed by atoms with Crippen molar-refractivity contribution >= 4 is 16.8 Å². The van der Waals surface area contributed by atoms with Crippen LogP contribution in [0.25, 0.3) is 10.9 Å². The normalized spacial score (nSPS) is 13.0. The van der Waals surface area contributed by atoms with Gasteiger partial charge >= 0.3 is 0 Å². The Hall–Kier alpha value is -3.00. The number of amides is 1. The Bertz CT molecular complexity index is 981. The molecule has 4 N–H and O–H groups in total. The number of nitrogens with zero attached hydrogens (tertiary/aromatic N) is 1. The molecule has 2 atom stereocenters. The Morgan fingerprint density at radius 3 is 2.58 bits per heavy atom. The molecule has 0 aliphatic carbocycles. The number of hydrogen-bond donors (Lipinski definition) is 4. The van der Waals surface area contributed by atoms with Crippen molar-refractivity contribution in [2.45, 2.75) is 44.9 Å². The van der Waals surface area contributed by atoms with Crippen molar-refractivity contribution in [3.63, 3.8) is 0 Å². The molecule has 164 valence electrons. The van der Waals surface area contributed by atoms with Gasteiger partial charge in [-0.3, -0.25) is 4.79 Å². The fraction of sp³-hybridized carbons (Fsp3) is 0.333. The minimum Gasteiger partial charge on any atom is -0.485 e. The van der Waals surface area contributed by atoms with Crippen LogP contribution in [0.3, 0.4) is 0 Å².